The number of hydrogen-bond acceptors (Lipinski definition) is 1. The first kappa shape index (κ1) is 15.1. The predicted molar refractivity (Wildman–Crippen MR) is 79.7 cm³/mol. The molecule has 1 rings (SSSR count). The molecule has 0 radical (unpaired) electrons. The van der Waals surface area contributed by atoms with Gasteiger partial charge in [0.2, 0.25) is 0 Å². The zero-order chi connectivity index (χ0) is 14.1. The molecule has 0 aliphatic rings. The van der Waals surface area contributed by atoms with Crippen molar-refractivity contribution in [2.24, 2.45) is 0 Å². The number of hydrogen-bond donors (Lipinski definition) is 0. The van der Waals surface area contributed by atoms with Crippen LogP contribution in [0.4, 0.5) is 0 Å². The lowest BCUT2D eigenvalue weighted by atomic mass is 9.78. The molecule has 0 saturated heterocycles. The quantitative estimate of drug-likeness (QED) is 0.716. The molecule has 18 heavy (non-hydrogen) atoms. The molecule has 1 aromatic rings. The molecular formula is C17H28O. The fourth-order valence-electron chi connectivity index (χ4n) is 2.19. The Morgan fingerprint density at radius 1 is 0.889 bits per heavy atom. The number of rotatable bonds is 2. The first-order chi connectivity index (χ1) is 8.07. The average molecular weight is 248 g/mol. The Kier molecular flexibility index (Phi) is 4.15. The summed E-state index contributed by atoms with van der Waals surface area (Å²) in [7, 11) is 0. The van der Waals surface area contributed by atoms with Crippen molar-refractivity contribution >= 4 is 0 Å². The van der Waals surface area contributed by atoms with Gasteiger partial charge in [0.15, 0.2) is 0 Å². The monoisotopic (exact) mass is 248 g/mol. The van der Waals surface area contributed by atoms with E-state index in [1.165, 1.54) is 16.7 Å². The van der Waals surface area contributed by atoms with Crippen molar-refractivity contribution < 1.29 is 4.74 Å². The van der Waals surface area contributed by atoms with Gasteiger partial charge in [0.1, 0.15) is 5.75 Å². The van der Waals surface area contributed by atoms with Crippen molar-refractivity contribution in [3.63, 3.8) is 0 Å². The van der Waals surface area contributed by atoms with Crippen LogP contribution in [0, 0.1) is 6.92 Å². The van der Waals surface area contributed by atoms with Crippen LogP contribution in [0.3, 0.4) is 0 Å². The number of ether oxygens (including phenoxy) is 1. The second-order valence-corrected chi connectivity index (χ2v) is 7.12. The summed E-state index contributed by atoms with van der Waals surface area (Å²) in [4.78, 5) is 0. The molecule has 0 N–H and O–H groups in total. The average Bonchev–Trinajstić information content (AvgIpc) is 2.17. The molecule has 0 fully saturated rings. The summed E-state index contributed by atoms with van der Waals surface area (Å²) < 4.78 is 5.98. The lowest BCUT2D eigenvalue weighted by Crippen LogP contribution is -2.20. The van der Waals surface area contributed by atoms with Crippen LogP contribution in [0.2, 0.25) is 0 Å². The summed E-state index contributed by atoms with van der Waals surface area (Å²) in [6.07, 6.45) is 0. The van der Waals surface area contributed by atoms with Gasteiger partial charge in [0.05, 0.1) is 6.61 Å². The molecule has 0 bridgehead atoms. The number of aryl methyl sites for hydroxylation is 1. The van der Waals surface area contributed by atoms with Gasteiger partial charge in [-0.25, -0.2) is 0 Å². The Hall–Kier alpha value is -0.980. The van der Waals surface area contributed by atoms with Crippen LogP contribution in [-0.2, 0) is 10.8 Å². The summed E-state index contributed by atoms with van der Waals surface area (Å²) in [5, 5.41) is 0. The normalized spacial score (nSPS) is 12.7. The first-order valence-electron chi connectivity index (χ1n) is 6.85. The largest absolute Gasteiger partial charge is 0.493 e. The molecule has 0 spiro atoms. The van der Waals surface area contributed by atoms with Crippen molar-refractivity contribution in [2.45, 2.75) is 66.2 Å². The third-order valence-electron chi connectivity index (χ3n) is 3.14. The second-order valence-electron chi connectivity index (χ2n) is 7.12. The van der Waals surface area contributed by atoms with Gasteiger partial charge >= 0.3 is 0 Å². The van der Waals surface area contributed by atoms with Crippen molar-refractivity contribution in [1.82, 2.24) is 0 Å². The van der Waals surface area contributed by atoms with E-state index < -0.39 is 0 Å². The van der Waals surface area contributed by atoms with Gasteiger partial charge in [0.25, 0.3) is 0 Å². The van der Waals surface area contributed by atoms with E-state index >= 15 is 0 Å². The van der Waals surface area contributed by atoms with Crippen LogP contribution in [0.15, 0.2) is 12.1 Å². The highest BCUT2D eigenvalue weighted by molar-refractivity contribution is 5.50. The minimum absolute atomic E-state index is 0.108. The molecule has 102 valence electrons. The molecular weight excluding hydrogens is 220 g/mol. The summed E-state index contributed by atoms with van der Waals surface area (Å²) in [6.45, 7) is 18.4. The fourth-order valence-corrected chi connectivity index (χ4v) is 2.19. The second kappa shape index (κ2) is 4.95. The van der Waals surface area contributed by atoms with Crippen molar-refractivity contribution in [3.05, 3.63) is 28.8 Å². The topological polar surface area (TPSA) is 9.23 Å². The summed E-state index contributed by atoms with van der Waals surface area (Å²) in [5.74, 6) is 1.09. The van der Waals surface area contributed by atoms with Gasteiger partial charge in [-0.15, -0.1) is 0 Å². The minimum atomic E-state index is 0.108. The SMILES string of the molecule is CCOc1c(C(C)(C)C)cc(C)cc1C(C)(C)C. The molecule has 0 aliphatic heterocycles. The molecule has 0 saturated carbocycles. The zero-order valence-corrected chi connectivity index (χ0v) is 13.3. The van der Waals surface area contributed by atoms with Gasteiger partial charge in [-0.2, -0.15) is 0 Å². The lowest BCUT2D eigenvalue weighted by molar-refractivity contribution is 0.319. The van der Waals surface area contributed by atoms with E-state index in [1.807, 2.05) is 0 Å². The van der Waals surface area contributed by atoms with E-state index in [0.717, 1.165) is 12.4 Å². The van der Waals surface area contributed by atoms with Gasteiger partial charge < -0.3 is 4.74 Å². The van der Waals surface area contributed by atoms with Crippen LogP contribution in [0.1, 0.15) is 65.2 Å². The van der Waals surface area contributed by atoms with Crippen LogP contribution in [-0.4, -0.2) is 6.61 Å². The molecule has 0 unspecified atom stereocenters. The molecule has 0 atom stereocenters. The predicted octanol–water partition coefficient (Wildman–Crippen LogP) is 4.99. The molecule has 0 heterocycles. The van der Waals surface area contributed by atoms with Crippen molar-refractivity contribution in [2.75, 3.05) is 6.61 Å². The van der Waals surface area contributed by atoms with Gasteiger partial charge in [-0.05, 0) is 24.7 Å². The van der Waals surface area contributed by atoms with Crippen LogP contribution >= 0.6 is 0 Å². The van der Waals surface area contributed by atoms with Crippen molar-refractivity contribution in [1.29, 1.82) is 0 Å². The maximum Gasteiger partial charge on any atom is 0.126 e. The maximum absolute atomic E-state index is 5.98. The highest BCUT2D eigenvalue weighted by Crippen LogP contribution is 2.40. The first-order valence-corrected chi connectivity index (χ1v) is 6.85. The van der Waals surface area contributed by atoms with E-state index in [0.29, 0.717) is 0 Å². The van der Waals surface area contributed by atoms with Crippen LogP contribution in [0.25, 0.3) is 0 Å². The van der Waals surface area contributed by atoms with Crippen LogP contribution < -0.4 is 4.74 Å². The fraction of sp³-hybridized carbons (Fsp3) is 0.647. The van der Waals surface area contributed by atoms with Crippen molar-refractivity contribution in [3.8, 4) is 5.75 Å². The zero-order valence-electron chi connectivity index (χ0n) is 13.3. The lowest BCUT2D eigenvalue weighted by Gasteiger charge is -2.30. The Bertz CT molecular complexity index is 381. The minimum Gasteiger partial charge on any atom is -0.493 e. The molecule has 0 aliphatic carbocycles. The third kappa shape index (κ3) is 3.28. The van der Waals surface area contributed by atoms with E-state index in [4.69, 9.17) is 4.74 Å². The van der Waals surface area contributed by atoms with Gasteiger partial charge in [-0.3, -0.25) is 0 Å². The Morgan fingerprint density at radius 3 is 1.56 bits per heavy atom. The van der Waals surface area contributed by atoms with E-state index in [-0.39, 0.29) is 10.8 Å². The molecule has 1 heteroatoms. The van der Waals surface area contributed by atoms with E-state index in [1.54, 1.807) is 0 Å². The van der Waals surface area contributed by atoms with E-state index in [9.17, 15) is 0 Å². The maximum atomic E-state index is 5.98. The van der Waals surface area contributed by atoms with Crippen LogP contribution in [0.5, 0.6) is 5.75 Å². The third-order valence-corrected chi connectivity index (χ3v) is 3.14. The molecule has 0 amide bonds. The Labute approximate surface area is 113 Å². The Morgan fingerprint density at radius 2 is 1.28 bits per heavy atom. The molecule has 0 aromatic heterocycles. The van der Waals surface area contributed by atoms with E-state index in [2.05, 4.69) is 67.5 Å². The number of benzene rings is 1. The summed E-state index contributed by atoms with van der Waals surface area (Å²) in [6, 6.07) is 4.53. The summed E-state index contributed by atoms with van der Waals surface area (Å²) >= 11 is 0. The molecule has 1 aromatic carbocycles. The van der Waals surface area contributed by atoms with Gasteiger partial charge in [0, 0.05) is 11.1 Å². The Balaban J connectivity index is 3.56. The smallest absolute Gasteiger partial charge is 0.126 e. The highest BCUT2D eigenvalue weighted by atomic mass is 16.5. The summed E-state index contributed by atoms with van der Waals surface area (Å²) in [5.41, 5.74) is 4.16. The standard InChI is InChI=1S/C17H28O/c1-9-18-15-13(16(3,4)5)10-12(2)11-14(15)17(6,7)8/h10-11H,9H2,1-8H3. The van der Waals surface area contributed by atoms with Gasteiger partial charge in [-0.1, -0.05) is 59.2 Å². The molecule has 1 nitrogen and oxygen atoms in total. The highest BCUT2D eigenvalue weighted by Gasteiger charge is 2.27.